The second-order valence-corrected chi connectivity index (χ2v) is 6.04. The van der Waals surface area contributed by atoms with E-state index in [9.17, 15) is 9.59 Å². The number of nitrogens with zero attached hydrogens (tertiary/aromatic N) is 1. The summed E-state index contributed by atoms with van der Waals surface area (Å²) in [6.45, 7) is 2.09. The molecular formula is C22H20NO3+. The Labute approximate surface area is 152 Å². The standard InChI is InChI=1S/C22H20NO3/c1-16(24)19-8-9-21(26-2)20(14-19)15-23-12-10-18(11-13-23)22(25)17-6-4-3-5-7-17/h3-14H,15H2,1-2H3/q+1. The lowest BCUT2D eigenvalue weighted by Gasteiger charge is -2.08. The molecule has 0 saturated carbocycles. The van der Waals surface area contributed by atoms with Crippen molar-refractivity contribution in [3.05, 3.63) is 95.3 Å². The normalized spacial score (nSPS) is 10.4. The molecule has 0 unspecified atom stereocenters. The van der Waals surface area contributed by atoms with Crippen LogP contribution in [0.5, 0.6) is 5.75 Å². The zero-order valence-electron chi connectivity index (χ0n) is 14.8. The third kappa shape index (κ3) is 3.86. The number of carbonyl (C=O) groups excluding carboxylic acids is 2. The summed E-state index contributed by atoms with van der Waals surface area (Å²) in [6.07, 6.45) is 3.71. The number of ether oxygens (including phenoxy) is 1. The van der Waals surface area contributed by atoms with E-state index in [0.717, 1.165) is 11.3 Å². The van der Waals surface area contributed by atoms with Gasteiger partial charge in [0.05, 0.1) is 12.7 Å². The van der Waals surface area contributed by atoms with E-state index in [2.05, 4.69) is 0 Å². The molecule has 0 atom stereocenters. The molecule has 0 bridgehead atoms. The molecule has 4 nitrogen and oxygen atoms in total. The molecule has 0 N–H and O–H groups in total. The molecule has 2 aromatic carbocycles. The number of benzene rings is 2. The van der Waals surface area contributed by atoms with E-state index in [1.807, 2.05) is 53.4 Å². The highest BCUT2D eigenvalue weighted by Gasteiger charge is 2.14. The number of hydrogen-bond acceptors (Lipinski definition) is 3. The van der Waals surface area contributed by atoms with E-state index in [1.165, 1.54) is 0 Å². The first-order valence-corrected chi connectivity index (χ1v) is 8.35. The van der Waals surface area contributed by atoms with Crippen LogP contribution >= 0.6 is 0 Å². The number of hydrogen-bond donors (Lipinski definition) is 0. The predicted octanol–water partition coefficient (Wildman–Crippen LogP) is 3.46. The third-order valence-electron chi connectivity index (χ3n) is 4.23. The van der Waals surface area contributed by atoms with Crippen LogP contribution in [0.25, 0.3) is 0 Å². The molecule has 0 saturated heterocycles. The van der Waals surface area contributed by atoms with Crippen molar-refractivity contribution in [2.45, 2.75) is 13.5 Å². The molecule has 4 heteroatoms. The van der Waals surface area contributed by atoms with Gasteiger partial charge >= 0.3 is 0 Å². The number of ketones is 2. The second-order valence-electron chi connectivity index (χ2n) is 6.04. The Kier molecular flexibility index (Phi) is 5.23. The Morgan fingerprint density at radius 2 is 1.54 bits per heavy atom. The fourth-order valence-electron chi connectivity index (χ4n) is 2.79. The first-order chi connectivity index (χ1) is 12.6. The number of rotatable bonds is 6. The first-order valence-electron chi connectivity index (χ1n) is 8.35. The average Bonchev–Trinajstić information content (AvgIpc) is 2.68. The Hall–Kier alpha value is -3.27. The average molecular weight is 346 g/mol. The molecule has 3 rings (SSSR count). The Morgan fingerprint density at radius 3 is 2.15 bits per heavy atom. The monoisotopic (exact) mass is 346 g/mol. The van der Waals surface area contributed by atoms with Gasteiger partial charge in [-0.1, -0.05) is 30.3 Å². The van der Waals surface area contributed by atoms with Crippen molar-refractivity contribution in [3.8, 4) is 5.75 Å². The highest BCUT2D eigenvalue weighted by molar-refractivity contribution is 6.08. The molecule has 1 aromatic heterocycles. The lowest BCUT2D eigenvalue weighted by molar-refractivity contribution is -0.688. The zero-order chi connectivity index (χ0) is 18.5. The van der Waals surface area contributed by atoms with Crippen molar-refractivity contribution in [2.24, 2.45) is 0 Å². The fourth-order valence-corrected chi connectivity index (χ4v) is 2.79. The van der Waals surface area contributed by atoms with Crippen LogP contribution < -0.4 is 9.30 Å². The van der Waals surface area contributed by atoms with Crippen LogP contribution in [0.15, 0.2) is 73.1 Å². The summed E-state index contributed by atoms with van der Waals surface area (Å²) < 4.78 is 7.34. The summed E-state index contributed by atoms with van der Waals surface area (Å²) in [7, 11) is 1.61. The summed E-state index contributed by atoms with van der Waals surface area (Å²) in [5.41, 5.74) is 2.86. The molecule has 1 heterocycles. The van der Waals surface area contributed by atoms with Crippen molar-refractivity contribution in [1.29, 1.82) is 0 Å². The largest absolute Gasteiger partial charge is 0.496 e. The fraction of sp³-hybridized carbons (Fsp3) is 0.136. The van der Waals surface area contributed by atoms with Crippen LogP contribution in [0.4, 0.5) is 0 Å². The van der Waals surface area contributed by atoms with Gasteiger partial charge in [-0.2, -0.15) is 0 Å². The summed E-state index contributed by atoms with van der Waals surface area (Å²) in [5, 5.41) is 0. The van der Waals surface area contributed by atoms with E-state index in [-0.39, 0.29) is 11.6 Å². The highest BCUT2D eigenvalue weighted by atomic mass is 16.5. The summed E-state index contributed by atoms with van der Waals surface area (Å²) in [6, 6.07) is 18.2. The third-order valence-corrected chi connectivity index (χ3v) is 4.23. The Bertz CT molecular complexity index is 931. The molecule has 0 aliphatic carbocycles. The molecule has 0 radical (unpaired) electrons. The van der Waals surface area contributed by atoms with E-state index < -0.39 is 0 Å². The Morgan fingerprint density at radius 1 is 0.885 bits per heavy atom. The van der Waals surface area contributed by atoms with Gasteiger partial charge < -0.3 is 4.74 Å². The van der Waals surface area contributed by atoms with E-state index >= 15 is 0 Å². The number of carbonyl (C=O) groups is 2. The molecule has 0 aliphatic heterocycles. The van der Waals surface area contributed by atoms with Gasteiger partial charge in [-0.05, 0) is 25.1 Å². The summed E-state index contributed by atoms with van der Waals surface area (Å²) in [4.78, 5) is 24.1. The first kappa shape index (κ1) is 17.5. The van der Waals surface area contributed by atoms with Crippen molar-refractivity contribution in [3.63, 3.8) is 0 Å². The molecule has 0 fully saturated rings. The van der Waals surface area contributed by atoms with Crippen molar-refractivity contribution >= 4 is 11.6 Å². The van der Waals surface area contributed by atoms with Gasteiger partial charge in [0.15, 0.2) is 30.5 Å². The summed E-state index contributed by atoms with van der Waals surface area (Å²) >= 11 is 0. The number of methoxy groups -OCH3 is 1. The van der Waals surface area contributed by atoms with Gasteiger partial charge in [-0.15, -0.1) is 0 Å². The van der Waals surface area contributed by atoms with E-state index in [1.54, 1.807) is 38.3 Å². The molecule has 26 heavy (non-hydrogen) atoms. The molecule has 0 aliphatic rings. The van der Waals surface area contributed by atoms with Gasteiger partial charge in [0.25, 0.3) is 0 Å². The van der Waals surface area contributed by atoms with Gasteiger partial charge in [-0.3, -0.25) is 9.59 Å². The van der Waals surface area contributed by atoms with Crippen LogP contribution in [-0.4, -0.2) is 18.7 Å². The minimum atomic E-state index is -0.00564. The van der Waals surface area contributed by atoms with Crippen LogP contribution in [0.2, 0.25) is 0 Å². The molecular weight excluding hydrogens is 326 g/mol. The highest BCUT2D eigenvalue weighted by Crippen LogP contribution is 2.20. The van der Waals surface area contributed by atoms with Gasteiger partial charge in [-0.25, -0.2) is 4.57 Å². The topological polar surface area (TPSA) is 47.2 Å². The minimum Gasteiger partial charge on any atom is -0.496 e. The summed E-state index contributed by atoms with van der Waals surface area (Å²) in [5.74, 6) is 0.739. The van der Waals surface area contributed by atoms with Gasteiger partial charge in [0, 0.05) is 28.8 Å². The molecule has 0 amide bonds. The minimum absolute atomic E-state index is 0.00564. The maximum Gasteiger partial charge on any atom is 0.193 e. The smallest absolute Gasteiger partial charge is 0.193 e. The number of aromatic nitrogens is 1. The SMILES string of the molecule is COc1ccc(C(C)=O)cc1C[n+]1ccc(C(=O)c2ccccc2)cc1. The number of Topliss-reactive ketones (excluding diaryl/α,β-unsaturated/α-hetero) is 1. The Balaban J connectivity index is 1.83. The number of pyridine rings is 1. The molecule has 0 spiro atoms. The maximum absolute atomic E-state index is 12.5. The van der Waals surface area contributed by atoms with Crippen LogP contribution in [0.1, 0.15) is 38.8 Å². The van der Waals surface area contributed by atoms with Gasteiger partial charge in [0.2, 0.25) is 0 Å². The lowest BCUT2D eigenvalue weighted by atomic mass is 10.0. The molecule has 3 aromatic rings. The van der Waals surface area contributed by atoms with Crippen LogP contribution in [0, 0.1) is 0 Å². The molecule has 130 valence electrons. The van der Waals surface area contributed by atoms with Crippen LogP contribution in [-0.2, 0) is 6.54 Å². The van der Waals surface area contributed by atoms with Crippen molar-refractivity contribution in [1.82, 2.24) is 0 Å². The lowest BCUT2D eigenvalue weighted by Crippen LogP contribution is -2.33. The zero-order valence-corrected chi connectivity index (χ0v) is 14.8. The van der Waals surface area contributed by atoms with Crippen LogP contribution in [0.3, 0.4) is 0 Å². The maximum atomic E-state index is 12.5. The predicted molar refractivity (Wildman–Crippen MR) is 98.6 cm³/mol. The van der Waals surface area contributed by atoms with E-state index in [0.29, 0.717) is 23.2 Å². The van der Waals surface area contributed by atoms with Crippen molar-refractivity contribution < 1.29 is 18.9 Å². The van der Waals surface area contributed by atoms with Gasteiger partial charge in [0.1, 0.15) is 5.75 Å². The quantitative estimate of drug-likeness (QED) is 0.507. The van der Waals surface area contributed by atoms with Crippen molar-refractivity contribution in [2.75, 3.05) is 7.11 Å². The van der Waals surface area contributed by atoms with E-state index in [4.69, 9.17) is 4.74 Å². The second kappa shape index (κ2) is 7.74.